The zero-order valence-electron chi connectivity index (χ0n) is 17.1. The predicted molar refractivity (Wildman–Crippen MR) is 121 cm³/mol. The Bertz CT molecular complexity index is 910. The van der Waals surface area contributed by atoms with Crippen LogP contribution in [0.15, 0.2) is 42.5 Å². The number of carbonyl (C=O) groups excluding carboxylic acids is 2. The Morgan fingerprint density at radius 3 is 2.33 bits per heavy atom. The Morgan fingerprint density at radius 1 is 1.07 bits per heavy atom. The fraction of sp³-hybridized carbons (Fsp3) is 0.364. The minimum absolute atomic E-state index is 0.159. The second kappa shape index (κ2) is 9.69. The van der Waals surface area contributed by atoms with Crippen LogP contribution in [-0.4, -0.2) is 43.2 Å². The fourth-order valence-corrected chi connectivity index (χ4v) is 3.80. The van der Waals surface area contributed by atoms with Gasteiger partial charge >= 0.3 is 0 Å². The second-order valence-corrected chi connectivity index (χ2v) is 8.28. The van der Waals surface area contributed by atoms with E-state index in [0.717, 1.165) is 18.8 Å². The lowest BCUT2D eigenvalue weighted by Crippen LogP contribution is -2.45. The number of ether oxygens (including phenoxy) is 1. The van der Waals surface area contributed by atoms with Gasteiger partial charge in [0.2, 0.25) is 5.91 Å². The van der Waals surface area contributed by atoms with Crippen LogP contribution in [-0.2, 0) is 9.53 Å². The van der Waals surface area contributed by atoms with Gasteiger partial charge in [-0.15, -0.1) is 0 Å². The third kappa shape index (κ3) is 5.45. The van der Waals surface area contributed by atoms with Gasteiger partial charge in [-0.2, -0.15) is 0 Å². The van der Waals surface area contributed by atoms with Crippen LogP contribution in [0, 0.1) is 0 Å². The summed E-state index contributed by atoms with van der Waals surface area (Å²) in [5.41, 5.74) is 1.95. The van der Waals surface area contributed by atoms with Gasteiger partial charge in [-0.25, -0.2) is 0 Å². The van der Waals surface area contributed by atoms with E-state index in [9.17, 15) is 9.59 Å². The number of hydrogen-bond acceptors (Lipinski definition) is 4. The van der Waals surface area contributed by atoms with Crippen LogP contribution in [0.5, 0.6) is 0 Å². The molecular formula is C22H25Cl2N3O3. The van der Waals surface area contributed by atoms with Crippen molar-refractivity contribution in [2.75, 3.05) is 23.3 Å². The first-order chi connectivity index (χ1) is 14.2. The Kier molecular flexibility index (Phi) is 7.23. The second-order valence-electron chi connectivity index (χ2n) is 7.49. The standard InChI is InChI=1S/C22H25Cl2N3O3/c1-13-11-27(12-14(2)30-13)17-9-7-16(8-10-17)26-21(28)15(3)25-22(29)18-5-4-6-19(23)20(18)24/h4-10,13-15H,11-12H2,1-3H3,(H,25,29)(H,26,28). The van der Waals surface area contributed by atoms with Crippen molar-refractivity contribution in [1.29, 1.82) is 0 Å². The molecule has 0 bridgehead atoms. The number of halogens is 2. The average Bonchev–Trinajstić information content (AvgIpc) is 2.69. The number of morpholine rings is 1. The van der Waals surface area contributed by atoms with E-state index in [2.05, 4.69) is 29.4 Å². The first-order valence-corrected chi connectivity index (χ1v) is 10.6. The third-order valence-corrected chi connectivity index (χ3v) is 5.68. The minimum Gasteiger partial charge on any atom is -0.372 e. The lowest BCUT2D eigenvalue weighted by atomic mass is 10.1. The number of carbonyl (C=O) groups is 2. The molecule has 1 aliphatic heterocycles. The van der Waals surface area contributed by atoms with E-state index in [-0.39, 0.29) is 33.7 Å². The molecule has 1 aliphatic rings. The smallest absolute Gasteiger partial charge is 0.253 e. The van der Waals surface area contributed by atoms with Gasteiger partial charge in [-0.1, -0.05) is 29.3 Å². The van der Waals surface area contributed by atoms with E-state index in [0.29, 0.717) is 5.69 Å². The van der Waals surface area contributed by atoms with Crippen LogP contribution in [0.2, 0.25) is 10.0 Å². The quantitative estimate of drug-likeness (QED) is 0.710. The molecule has 0 aliphatic carbocycles. The first-order valence-electron chi connectivity index (χ1n) is 9.80. The summed E-state index contributed by atoms with van der Waals surface area (Å²) >= 11 is 12.0. The molecule has 0 saturated carbocycles. The molecule has 6 nitrogen and oxygen atoms in total. The maximum absolute atomic E-state index is 12.5. The average molecular weight is 450 g/mol. The van der Waals surface area contributed by atoms with Crippen molar-refractivity contribution in [3.8, 4) is 0 Å². The van der Waals surface area contributed by atoms with Gasteiger partial charge in [0, 0.05) is 24.5 Å². The number of benzene rings is 2. The van der Waals surface area contributed by atoms with Crippen molar-refractivity contribution in [3.63, 3.8) is 0 Å². The first kappa shape index (κ1) is 22.4. The van der Waals surface area contributed by atoms with E-state index in [1.165, 1.54) is 0 Å². The van der Waals surface area contributed by atoms with Gasteiger partial charge in [0.05, 0.1) is 27.8 Å². The zero-order valence-corrected chi connectivity index (χ0v) is 18.6. The number of rotatable bonds is 5. The summed E-state index contributed by atoms with van der Waals surface area (Å²) in [6.07, 6.45) is 0.344. The molecule has 2 N–H and O–H groups in total. The van der Waals surface area contributed by atoms with Crippen molar-refractivity contribution in [2.24, 2.45) is 0 Å². The highest BCUT2D eigenvalue weighted by Crippen LogP contribution is 2.25. The van der Waals surface area contributed by atoms with E-state index in [4.69, 9.17) is 27.9 Å². The maximum Gasteiger partial charge on any atom is 0.253 e. The number of amides is 2. The monoisotopic (exact) mass is 449 g/mol. The van der Waals surface area contributed by atoms with E-state index >= 15 is 0 Å². The lowest BCUT2D eigenvalue weighted by Gasteiger charge is -2.36. The van der Waals surface area contributed by atoms with E-state index in [1.54, 1.807) is 25.1 Å². The molecule has 2 aromatic rings. The highest BCUT2D eigenvalue weighted by molar-refractivity contribution is 6.43. The van der Waals surface area contributed by atoms with Crippen molar-refractivity contribution >= 4 is 46.4 Å². The normalized spacial score (nSPS) is 19.8. The van der Waals surface area contributed by atoms with Crippen molar-refractivity contribution in [3.05, 3.63) is 58.1 Å². The molecule has 3 unspecified atom stereocenters. The minimum atomic E-state index is -0.756. The van der Waals surface area contributed by atoms with Crippen LogP contribution in [0.3, 0.4) is 0 Å². The molecule has 2 aromatic carbocycles. The number of nitrogens with one attached hydrogen (secondary N) is 2. The highest BCUT2D eigenvalue weighted by Gasteiger charge is 2.23. The summed E-state index contributed by atoms with van der Waals surface area (Å²) in [6.45, 7) is 7.37. The Labute approximate surface area is 186 Å². The van der Waals surface area contributed by atoms with Gasteiger partial charge in [-0.05, 0) is 57.2 Å². The Morgan fingerprint density at radius 2 is 1.70 bits per heavy atom. The van der Waals surface area contributed by atoms with Crippen LogP contribution >= 0.6 is 23.2 Å². The highest BCUT2D eigenvalue weighted by atomic mass is 35.5. The Balaban J connectivity index is 1.58. The largest absolute Gasteiger partial charge is 0.372 e. The zero-order chi connectivity index (χ0) is 21.8. The summed E-state index contributed by atoms with van der Waals surface area (Å²) in [5, 5.41) is 5.90. The van der Waals surface area contributed by atoms with Crippen LogP contribution in [0.4, 0.5) is 11.4 Å². The molecule has 30 heavy (non-hydrogen) atoms. The maximum atomic E-state index is 12.5. The van der Waals surface area contributed by atoms with Gasteiger partial charge in [0.15, 0.2) is 0 Å². The van der Waals surface area contributed by atoms with Gasteiger partial charge in [-0.3, -0.25) is 9.59 Å². The van der Waals surface area contributed by atoms with Gasteiger partial charge < -0.3 is 20.3 Å². The molecule has 160 valence electrons. The molecular weight excluding hydrogens is 425 g/mol. The lowest BCUT2D eigenvalue weighted by molar-refractivity contribution is -0.117. The molecule has 2 amide bonds. The van der Waals surface area contributed by atoms with E-state index < -0.39 is 11.9 Å². The molecule has 1 heterocycles. The number of hydrogen-bond donors (Lipinski definition) is 2. The molecule has 0 aromatic heterocycles. The molecule has 0 spiro atoms. The van der Waals surface area contributed by atoms with Crippen molar-refractivity contribution < 1.29 is 14.3 Å². The summed E-state index contributed by atoms with van der Waals surface area (Å²) < 4.78 is 5.77. The molecule has 3 atom stereocenters. The van der Waals surface area contributed by atoms with E-state index in [1.807, 2.05) is 24.3 Å². The molecule has 1 saturated heterocycles. The SMILES string of the molecule is CC1CN(c2ccc(NC(=O)C(C)NC(=O)c3cccc(Cl)c3Cl)cc2)CC(C)O1. The van der Waals surface area contributed by atoms with Crippen LogP contribution < -0.4 is 15.5 Å². The molecule has 3 rings (SSSR count). The topological polar surface area (TPSA) is 70.7 Å². The molecule has 8 heteroatoms. The molecule has 1 fully saturated rings. The van der Waals surface area contributed by atoms with Crippen LogP contribution in [0.25, 0.3) is 0 Å². The third-order valence-electron chi connectivity index (χ3n) is 4.86. The summed E-state index contributed by atoms with van der Waals surface area (Å²) in [6, 6.07) is 11.7. The molecule has 0 radical (unpaired) electrons. The number of anilines is 2. The number of nitrogens with zero attached hydrogens (tertiary/aromatic N) is 1. The van der Waals surface area contributed by atoms with Crippen molar-refractivity contribution in [2.45, 2.75) is 39.0 Å². The predicted octanol–water partition coefficient (Wildman–Crippen LogP) is 4.36. The van der Waals surface area contributed by atoms with Gasteiger partial charge in [0.1, 0.15) is 6.04 Å². The fourth-order valence-electron chi connectivity index (χ4n) is 3.41. The van der Waals surface area contributed by atoms with Gasteiger partial charge in [0.25, 0.3) is 5.91 Å². The summed E-state index contributed by atoms with van der Waals surface area (Å²) in [7, 11) is 0. The van der Waals surface area contributed by atoms with Crippen molar-refractivity contribution in [1.82, 2.24) is 5.32 Å². The summed E-state index contributed by atoms with van der Waals surface area (Å²) in [5.74, 6) is -0.793. The Hall–Kier alpha value is -2.28. The van der Waals surface area contributed by atoms with Crippen LogP contribution in [0.1, 0.15) is 31.1 Å². The summed E-state index contributed by atoms with van der Waals surface area (Å²) in [4.78, 5) is 27.2.